The molecule has 6 heteroatoms. The summed E-state index contributed by atoms with van der Waals surface area (Å²) in [6.45, 7) is 5.63. The SMILES string of the molecule is CC(C)(C)C(=O)Nc1cccc(NCC(=O)NC2(C#N)CCCC2)c1. The standard InChI is InChI=1S/C19H26N4O2/c1-18(2,3)17(25)22-15-8-6-7-14(11-15)21-12-16(24)23-19(13-20)9-4-5-10-19/h6-8,11,21H,4-5,9-10,12H2,1-3H3,(H,22,25)(H,23,24). The van der Waals surface area contributed by atoms with E-state index in [0.29, 0.717) is 18.5 Å². The fourth-order valence-corrected chi connectivity index (χ4v) is 2.76. The first kappa shape index (κ1) is 18.8. The maximum absolute atomic E-state index is 12.1. The van der Waals surface area contributed by atoms with Crippen molar-refractivity contribution < 1.29 is 9.59 Å². The number of hydrogen-bond donors (Lipinski definition) is 3. The van der Waals surface area contributed by atoms with Gasteiger partial charge in [-0.05, 0) is 43.9 Å². The molecule has 1 aliphatic rings. The van der Waals surface area contributed by atoms with Crippen LogP contribution in [0.3, 0.4) is 0 Å². The highest BCUT2D eigenvalue weighted by Crippen LogP contribution is 2.28. The summed E-state index contributed by atoms with van der Waals surface area (Å²) < 4.78 is 0. The molecule has 1 fully saturated rings. The van der Waals surface area contributed by atoms with Gasteiger partial charge in [0.25, 0.3) is 0 Å². The van der Waals surface area contributed by atoms with Gasteiger partial charge in [0.2, 0.25) is 11.8 Å². The molecule has 1 saturated carbocycles. The van der Waals surface area contributed by atoms with E-state index in [1.54, 1.807) is 12.1 Å². The molecule has 0 bridgehead atoms. The Morgan fingerprint density at radius 1 is 1.20 bits per heavy atom. The summed E-state index contributed by atoms with van der Waals surface area (Å²) in [7, 11) is 0. The van der Waals surface area contributed by atoms with E-state index in [0.717, 1.165) is 18.5 Å². The van der Waals surface area contributed by atoms with Crippen LogP contribution in [0.15, 0.2) is 24.3 Å². The zero-order valence-corrected chi connectivity index (χ0v) is 15.1. The molecule has 6 nitrogen and oxygen atoms in total. The van der Waals surface area contributed by atoms with Crippen LogP contribution in [-0.2, 0) is 9.59 Å². The number of carbonyl (C=O) groups is 2. The molecule has 0 heterocycles. The molecular weight excluding hydrogens is 316 g/mol. The fourth-order valence-electron chi connectivity index (χ4n) is 2.76. The second-order valence-corrected chi connectivity index (χ2v) is 7.59. The van der Waals surface area contributed by atoms with Crippen molar-refractivity contribution in [2.24, 2.45) is 5.41 Å². The third-order valence-corrected chi connectivity index (χ3v) is 4.30. The van der Waals surface area contributed by atoms with Crippen LogP contribution < -0.4 is 16.0 Å². The Morgan fingerprint density at radius 3 is 2.44 bits per heavy atom. The molecule has 0 radical (unpaired) electrons. The van der Waals surface area contributed by atoms with E-state index in [4.69, 9.17) is 0 Å². The number of carbonyl (C=O) groups excluding carboxylic acids is 2. The summed E-state index contributed by atoms with van der Waals surface area (Å²) in [5, 5.41) is 18.1. The van der Waals surface area contributed by atoms with E-state index in [-0.39, 0.29) is 18.4 Å². The quantitative estimate of drug-likeness (QED) is 0.766. The Morgan fingerprint density at radius 2 is 1.84 bits per heavy atom. The molecule has 25 heavy (non-hydrogen) atoms. The minimum absolute atomic E-state index is 0.0698. The third kappa shape index (κ3) is 5.21. The van der Waals surface area contributed by atoms with Crippen molar-refractivity contribution in [2.75, 3.05) is 17.2 Å². The van der Waals surface area contributed by atoms with Gasteiger partial charge in [-0.25, -0.2) is 0 Å². The number of hydrogen-bond acceptors (Lipinski definition) is 4. The molecule has 0 aliphatic heterocycles. The van der Waals surface area contributed by atoms with Crippen LogP contribution in [0.25, 0.3) is 0 Å². The highest BCUT2D eigenvalue weighted by molar-refractivity contribution is 5.95. The van der Waals surface area contributed by atoms with E-state index >= 15 is 0 Å². The number of amides is 2. The Balaban J connectivity index is 1.91. The normalized spacial score (nSPS) is 15.9. The lowest BCUT2D eigenvalue weighted by atomic mass is 9.95. The number of nitrogens with zero attached hydrogens (tertiary/aromatic N) is 1. The first-order chi connectivity index (χ1) is 11.7. The molecule has 0 aromatic heterocycles. The molecule has 0 unspecified atom stereocenters. The van der Waals surface area contributed by atoms with Crippen molar-refractivity contribution >= 4 is 23.2 Å². The molecule has 1 aromatic carbocycles. The lowest BCUT2D eigenvalue weighted by molar-refractivity contribution is -0.123. The Bertz CT molecular complexity index is 679. The number of rotatable bonds is 5. The van der Waals surface area contributed by atoms with Crippen LogP contribution in [0.4, 0.5) is 11.4 Å². The first-order valence-corrected chi connectivity index (χ1v) is 8.62. The van der Waals surface area contributed by atoms with Gasteiger partial charge in [-0.1, -0.05) is 26.8 Å². The average molecular weight is 342 g/mol. The van der Waals surface area contributed by atoms with Gasteiger partial charge in [0.05, 0.1) is 12.6 Å². The predicted octanol–water partition coefficient (Wildman–Crippen LogP) is 3.04. The largest absolute Gasteiger partial charge is 0.376 e. The minimum atomic E-state index is -0.707. The Labute approximate surface area is 149 Å². The average Bonchev–Trinajstić information content (AvgIpc) is 3.01. The topological polar surface area (TPSA) is 94.0 Å². The van der Waals surface area contributed by atoms with Crippen molar-refractivity contribution in [3.05, 3.63) is 24.3 Å². The van der Waals surface area contributed by atoms with Crippen molar-refractivity contribution in [3.8, 4) is 6.07 Å². The van der Waals surface area contributed by atoms with Gasteiger partial charge in [-0.15, -0.1) is 0 Å². The summed E-state index contributed by atoms with van der Waals surface area (Å²) in [5.74, 6) is -0.271. The zero-order chi connectivity index (χ0) is 18.5. The number of nitriles is 1. The Hall–Kier alpha value is -2.55. The van der Waals surface area contributed by atoms with Gasteiger partial charge in [-0.2, -0.15) is 5.26 Å². The van der Waals surface area contributed by atoms with E-state index in [1.807, 2.05) is 32.9 Å². The van der Waals surface area contributed by atoms with E-state index < -0.39 is 11.0 Å². The van der Waals surface area contributed by atoms with Gasteiger partial charge < -0.3 is 16.0 Å². The predicted molar refractivity (Wildman–Crippen MR) is 98.0 cm³/mol. The summed E-state index contributed by atoms with van der Waals surface area (Å²) in [4.78, 5) is 24.2. The van der Waals surface area contributed by atoms with Gasteiger partial charge in [0.15, 0.2) is 0 Å². The van der Waals surface area contributed by atoms with Gasteiger partial charge in [0, 0.05) is 16.8 Å². The van der Waals surface area contributed by atoms with Crippen LogP contribution in [-0.4, -0.2) is 23.9 Å². The number of anilines is 2. The lowest BCUT2D eigenvalue weighted by Crippen LogP contribution is -2.47. The molecule has 0 saturated heterocycles. The van der Waals surface area contributed by atoms with Crippen LogP contribution in [0.5, 0.6) is 0 Å². The zero-order valence-electron chi connectivity index (χ0n) is 15.1. The van der Waals surface area contributed by atoms with E-state index in [1.165, 1.54) is 0 Å². The number of benzene rings is 1. The highest BCUT2D eigenvalue weighted by atomic mass is 16.2. The van der Waals surface area contributed by atoms with Crippen LogP contribution >= 0.6 is 0 Å². The molecule has 1 aromatic rings. The molecule has 2 rings (SSSR count). The first-order valence-electron chi connectivity index (χ1n) is 8.62. The summed E-state index contributed by atoms with van der Waals surface area (Å²) >= 11 is 0. The molecule has 134 valence electrons. The van der Waals surface area contributed by atoms with Crippen molar-refractivity contribution in [3.63, 3.8) is 0 Å². The second-order valence-electron chi connectivity index (χ2n) is 7.59. The summed E-state index contributed by atoms with van der Waals surface area (Å²) in [6, 6.07) is 9.47. The van der Waals surface area contributed by atoms with Crippen molar-refractivity contribution in [1.82, 2.24) is 5.32 Å². The maximum atomic E-state index is 12.1. The second kappa shape index (κ2) is 7.56. The maximum Gasteiger partial charge on any atom is 0.240 e. The fraction of sp³-hybridized carbons (Fsp3) is 0.526. The van der Waals surface area contributed by atoms with Crippen molar-refractivity contribution in [1.29, 1.82) is 5.26 Å². The number of nitrogens with one attached hydrogen (secondary N) is 3. The van der Waals surface area contributed by atoms with E-state index in [9.17, 15) is 14.9 Å². The lowest BCUT2D eigenvalue weighted by Gasteiger charge is -2.22. The molecule has 1 aliphatic carbocycles. The smallest absolute Gasteiger partial charge is 0.240 e. The van der Waals surface area contributed by atoms with Gasteiger partial charge in [0.1, 0.15) is 5.54 Å². The molecular formula is C19H26N4O2. The molecule has 0 spiro atoms. The van der Waals surface area contributed by atoms with Gasteiger partial charge >= 0.3 is 0 Å². The van der Waals surface area contributed by atoms with Crippen LogP contribution in [0, 0.1) is 16.7 Å². The molecule has 2 amide bonds. The molecule has 3 N–H and O–H groups in total. The molecule has 0 atom stereocenters. The third-order valence-electron chi connectivity index (χ3n) is 4.30. The summed E-state index contributed by atoms with van der Waals surface area (Å²) in [5.41, 5.74) is 0.228. The van der Waals surface area contributed by atoms with Gasteiger partial charge in [-0.3, -0.25) is 9.59 Å². The monoisotopic (exact) mass is 342 g/mol. The minimum Gasteiger partial charge on any atom is -0.376 e. The highest BCUT2D eigenvalue weighted by Gasteiger charge is 2.35. The van der Waals surface area contributed by atoms with Crippen molar-refractivity contribution in [2.45, 2.75) is 52.0 Å². The van der Waals surface area contributed by atoms with Crippen LogP contribution in [0.2, 0.25) is 0 Å². The Kier molecular flexibility index (Phi) is 5.68. The van der Waals surface area contributed by atoms with Crippen LogP contribution in [0.1, 0.15) is 46.5 Å². The summed E-state index contributed by atoms with van der Waals surface area (Å²) in [6.07, 6.45) is 3.36. The van der Waals surface area contributed by atoms with E-state index in [2.05, 4.69) is 22.0 Å².